The molecule has 0 aliphatic carbocycles. The monoisotopic (exact) mass is 261 g/mol. The van der Waals surface area contributed by atoms with Gasteiger partial charge in [0.05, 0.1) is 12.8 Å². The Morgan fingerprint density at radius 3 is 2.58 bits per heavy atom. The van der Waals surface area contributed by atoms with Crippen molar-refractivity contribution in [3.8, 4) is 11.5 Å². The fraction of sp³-hybridized carbons (Fsp3) is 0.200. The highest BCUT2D eigenvalue weighted by atomic mass is 19.1. The molecule has 0 aromatic heterocycles. The summed E-state index contributed by atoms with van der Waals surface area (Å²) in [5.41, 5.74) is 8.15. The first-order valence-corrected chi connectivity index (χ1v) is 5.91. The molecule has 0 saturated heterocycles. The van der Waals surface area contributed by atoms with Gasteiger partial charge in [-0.3, -0.25) is 0 Å². The fourth-order valence-corrected chi connectivity index (χ4v) is 1.76. The molecule has 0 unspecified atom stereocenters. The van der Waals surface area contributed by atoms with Gasteiger partial charge >= 0.3 is 0 Å². The molecule has 0 fully saturated rings. The Bertz CT molecular complexity index is 584. The second kappa shape index (κ2) is 5.61. The van der Waals surface area contributed by atoms with Gasteiger partial charge in [-0.05, 0) is 42.3 Å². The van der Waals surface area contributed by atoms with Gasteiger partial charge in [0.15, 0.2) is 0 Å². The van der Waals surface area contributed by atoms with E-state index in [1.807, 2.05) is 6.92 Å². The summed E-state index contributed by atoms with van der Waals surface area (Å²) in [6.07, 6.45) is 0. The zero-order valence-corrected chi connectivity index (χ0v) is 10.9. The van der Waals surface area contributed by atoms with Crippen molar-refractivity contribution in [2.75, 3.05) is 12.8 Å². The van der Waals surface area contributed by atoms with Crippen LogP contribution >= 0.6 is 0 Å². The van der Waals surface area contributed by atoms with Crippen molar-refractivity contribution < 1.29 is 13.9 Å². The Hall–Kier alpha value is -2.23. The van der Waals surface area contributed by atoms with Crippen LogP contribution in [0.1, 0.15) is 11.1 Å². The van der Waals surface area contributed by atoms with Crippen molar-refractivity contribution in [1.82, 2.24) is 0 Å². The zero-order valence-electron chi connectivity index (χ0n) is 10.9. The van der Waals surface area contributed by atoms with Crippen LogP contribution in [-0.4, -0.2) is 7.11 Å². The first kappa shape index (κ1) is 13.2. The molecule has 0 spiro atoms. The predicted molar refractivity (Wildman–Crippen MR) is 72.9 cm³/mol. The molecule has 0 atom stereocenters. The van der Waals surface area contributed by atoms with E-state index in [-0.39, 0.29) is 5.82 Å². The van der Waals surface area contributed by atoms with Gasteiger partial charge in [0.1, 0.15) is 23.9 Å². The van der Waals surface area contributed by atoms with Crippen LogP contribution in [0.25, 0.3) is 0 Å². The number of rotatable bonds is 4. The molecule has 100 valence electrons. The minimum Gasteiger partial charge on any atom is -0.497 e. The van der Waals surface area contributed by atoms with Crippen molar-refractivity contribution in [3.63, 3.8) is 0 Å². The van der Waals surface area contributed by atoms with Crippen LogP contribution in [0.4, 0.5) is 10.1 Å². The van der Waals surface area contributed by atoms with Crippen LogP contribution in [0.5, 0.6) is 11.5 Å². The van der Waals surface area contributed by atoms with Gasteiger partial charge in [0, 0.05) is 6.07 Å². The third kappa shape index (κ3) is 3.16. The molecule has 0 aliphatic heterocycles. The lowest BCUT2D eigenvalue weighted by Gasteiger charge is -2.11. The number of hydrogen-bond donors (Lipinski definition) is 1. The summed E-state index contributed by atoms with van der Waals surface area (Å²) < 4.78 is 23.7. The molecule has 2 N–H and O–H groups in total. The van der Waals surface area contributed by atoms with E-state index in [9.17, 15) is 4.39 Å². The molecule has 2 aromatic rings. The quantitative estimate of drug-likeness (QED) is 0.859. The van der Waals surface area contributed by atoms with Crippen molar-refractivity contribution in [3.05, 3.63) is 53.3 Å². The molecular weight excluding hydrogens is 245 g/mol. The number of hydrogen-bond acceptors (Lipinski definition) is 3. The van der Waals surface area contributed by atoms with E-state index in [2.05, 4.69) is 0 Å². The first-order valence-electron chi connectivity index (χ1n) is 5.91. The Balaban J connectivity index is 2.10. The molecule has 2 aromatic carbocycles. The normalized spacial score (nSPS) is 10.3. The van der Waals surface area contributed by atoms with Crippen LogP contribution in [0, 0.1) is 12.7 Å². The van der Waals surface area contributed by atoms with Crippen LogP contribution in [-0.2, 0) is 6.61 Å². The molecule has 4 heteroatoms. The van der Waals surface area contributed by atoms with E-state index in [1.165, 1.54) is 12.1 Å². The molecule has 0 bridgehead atoms. The van der Waals surface area contributed by atoms with Gasteiger partial charge in [-0.15, -0.1) is 0 Å². The van der Waals surface area contributed by atoms with Gasteiger partial charge in [-0.1, -0.05) is 6.07 Å². The minimum atomic E-state index is -0.245. The van der Waals surface area contributed by atoms with Gasteiger partial charge in [0.25, 0.3) is 0 Å². The lowest BCUT2D eigenvalue weighted by Crippen LogP contribution is -2.01. The average molecular weight is 261 g/mol. The number of methoxy groups -OCH3 is 1. The van der Waals surface area contributed by atoms with Gasteiger partial charge in [0.2, 0.25) is 0 Å². The van der Waals surface area contributed by atoms with E-state index in [4.69, 9.17) is 15.2 Å². The summed E-state index contributed by atoms with van der Waals surface area (Å²) in [7, 11) is 1.58. The van der Waals surface area contributed by atoms with E-state index < -0.39 is 0 Å². The lowest BCUT2D eigenvalue weighted by molar-refractivity contribution is 0.306. The van der Waals surface area contributed by atoms with Crippen LogP contribution < -0.4 is 15.2 Å². The summed E-state index contributed by atoms with van der Waals surface area (Å²) in [6.45, 7) is 2.20. The lowest BCUT2D eigenvalue weighted by atomic mass is 10.1. The summed E-state index contributed by atoms with van der Waals surface area (Å²) in [5.74, 6) is 1.03. The largest absolute Gasteiger partial charge is 0.497 e. The molecular formula is C15H16FNO2. The topological polar surface area (TPSA) is 44.5 Å². The summed E-state index contributed by atoms with van der Waals surface area (Å²) >= 11 is 0. The molecule has 3 nitrogen and oxygen atoms in total. The number of aryl methyl sites for hydroxylation is 1. The number of anilines is 1. The maximum absolute atomic E-state index is 13.0. The highest BCUT2D eigenvalue weighted by molar-refractivity contribution is 5.56. The molecule has 0 saturated carbocycles. The summed E-state index contributed by atoms with van der Waals surface area (Å²) in [6, 6.07) is 9.85. The fourth-order valence-electron chi connectivity index (χ4n) is 1.76. The number of halogens is 1. The molecule has 0 heterocycles. The van der Waals surface area contributed by atoms with Crippen molar-refractivity contribution in [2.24, 2.45) is 0 Å². The van der Waals surface area contributed by atoms with Gasteiger partial charge in [-0.25, -0.2) is 4.39 Å². The second-order valence-electron chi connectivity index (χ2n) is 4.26. The Labute approximate surface area is 111 Å². The van der Waals surface area contributed by atoms with E-state index >= 15 is 0 Å². The average Bonchev–Trinajstić information content (AvgIpc) is 2.39. The first-order chi connectivity index (χ1) is 9.10. The standard InChI is InChI=1S/C15H16FNO2/c1-10-7-12(16)4-3-11(10)9-19-15-6-5-13(18-2)8-14(15)17/h3-8H,9,17H2,1-2H3. The molecule has 0 aliphatic rings. The van der Waals surface area contributed by atoms with Crippen LogP contribution in [0.3, 0.4) is 0 Å². The summed E-state index contributed by atoms with van der Waals surface area (Å²) in [4.78, 5) is 0. The number of benzene rings is 2. The molecule has 19 heavy (non-hydrogen) atoms. The molecule has 2 rings (SSSR count). The van der Waals surface area contributed by atoms with Crippen molar-refractivity contribution in [1.29, 1.82) is 0 Å². The Morgan fingerprint density at radius 2 is 1.95 bits per heavy atom. The Kier molecular flexibility index (Phi) is 3.90. The molecule has 0 radical (unpaired) electrons. The van der Waals surface area contributed by atoms with Crippen LogP contribution in [0.2, 0.25) is 0 Å². The van der Waals surface area contributed by atoms with E-state index in [1.54, 1.807) is 31.4 Å². The van der Waals surface area contributed by atoms with E-state index in [0.29, 0.717) is 23.8 Å². The third-order valence-corrected chi connectivity index (χ3v) is 2.90. The van der Waals surface area contributed by atoms with E-state index in [0.717, 1.165) is 11.1 Å². The smallest absolute Gasteiger partial charge is 0.142 e. The van der Waals surface area contributed by atoms with Crippen molar-refractivity contribution in [2.45, 2.75) is 13.5 Å². The predicted octanol–water partition coefficient (Wildman–Crippen LogP) is 3.30. The summed E-state index contributed by atoms with van der Waals surface area (Å²) in [5, 5.41) is 0. The van der Waals surface area contributed by atoms with Gasteiger partial charge in [-0.2, -0.15) is 0 Å². The van der Waals surface area contributed by atoms with Crippen molar-refractivity contribution >= 4 is 5.69 Å². The highest BCUT2D eigenvalue weighted by Crippen LogP contribution is 2.27. The Morgan fingerprint density at radius 1 is 1.16 bits per heavy atom. The minimum absolute atomic E-state index is 0.245. The number of nitrogen functional groups attached to an aromatic ring is 1. The highest BCUT2D eigenvalue weighted by Gasteiger charge is 2.05. The van der Waals surface area contributed by atoms with Gasteiger partial charge < -0.3 is 15.2 Å². The second-order valence-corrected chi connectivity index (χ2v) is 4.26. The maximum atomic E-state index is 13.0. The third-order valence-electron chi connectivity index (χ3n) is 2.90. The van der Waals surface area contributed by atoms with Crippen LogP contribution in [0.15, 0.2) is 36.4 Å². The zero-order chi connectivity index (χ0) is 13.8. The SMILES string of the molecule is COc1ccc(OCc2ccc(F)cc2C)c(N)c1. The molecule has 0 amide bonds. The maximum Gasteiger partial charge on any atom is 0.142 e. The number of nitrogens with two attached hydrogens (primary N) is 1. The number of ether oxygens (including phenoxy) is 2.